The van der Waals surface area contributed by atoms with Gasteiger partial charge in [0.1, 0.15) is 29.4 Å². The first-order valence-corrected chi connectivity index (χ1v) is 9.09. The molecule has 0 aliphatic heterocycles. The van der Waals surface area contributed by atoms with Gasteiger partial charge in [-0.3, -0.25) is 4.79 Å². The summed E-state index contributed by atoms with van der Waals surface area (Å²) in [5, 5.41) is 11.4. The van der Waals surface area contributed by atoms with Gasteiger partial charge >= 0.3 is 5.97 Å². The Hall–Kier alpha value is -3.68. The van der Waals surface area contributed by atoms with E-state index in [1.807, 2.05) is 48.5 Å². The monoisotopic (exact) mass is 394 g/mol. The zero-order chi connectivity index (χ0) is 20.6. The Morgan fingerprint density at radius 3 is 2.07 bits per heavy atom. The molecule has 3 aromatic rings. The topological polar surface area (TPSA) is 95.5 Å². The van der Waals surface area contributed by atoms with Crippen molar-refractivity contribution in [2.75, 3.05) is 32.7 Å². The number of hydrogen-bond donors (Lipinski definition) is 1. The zero-order valence-electron chi connectivity index (χ0n) is 16.5. The van der Waals surface area contributed by atoms with E-state index in [2.05, 4.69) is 20.5 Å². The minimum absolute atomic E-state index is 0.0606. The summed E-state index contributed by atoms with van der Waals surface area (Å²) in [7, 11) is 3.19. The number of hydrogen-bond acceptors (Lipinski definition) is 8. The standard InChI is InChI=1S/C21H22N4O4/c1-4-29-18(26)13-22-21-23-19(14-9-5-7-11-16(14)27-2)20(24-25-21)15-10-6-8-12-17(15)28-3/h5-12H,4,13H2,1-3H3,(H,22,23,25). The third-order valence-corrected chi connectivity index (χ3v) is 4.11. The van der Waals surface area contributed by atoms with E-state index in [9.17, 15) is 4.79 Å². The lowest BCUT2D eigenvalue weighted by molar-refractivity contribution is -0.140. The number of aromatic nitrogens is 3. The van der Waals surface area contributed by atoms with E-state index in [-0.39, 0.29) is 12.5 Å². The summed E-state index contributed by atoms with van der Waals surface area (Å²) in [4.78, 5) is 16.3. The molecule has 1 heterocycles. The van der Waals surface area contributed by atoms with E-state index in [0.29, 0.717) is 29.5 Å². The number of carbonyl (C=O) groups excluding carboxylic acids is 1. The molecule has 0 radical (unpaired) electrons. The molecule has 0 saturated carbocycles. The lowest BCUT2D eigenvalue weighted by Gasteiger charge is -2.14. The quantitative estimate of drug-likeness (QED) is 0.582. The summed E-state index contributed by atoms with van der Waals surface area (Å²) in [6.07, 6.45) is 0. The molecule has 3 rings (SSSR count). The van der Waals surface area contributed by atoms with Crippen LogP contribution in [0.3, 0.4) is 0 Å². The molecule has 0 aliphatic rings. The molecule has 0 atom stereocenters. The molecular weight excluding hydrogens is 372 g/mol. The minimum Gasteiger partial charge on any atom is -0.496 e. The van der Waals surface area contributed by atoms with Crippen molar-refractivity contribution in [2.45, 2.75) is 6.92 Å². The molecule has 0 bridgehead atoms. The van der Waals surface area contributed by atoms with E-state index in [1.165, 1.54) is 0 Å². The van der Waals surface area contributed by atoms with Crippen LogP contribution in [-0.2, 0) is 9.53 Å². The van der Waals surface area contributed by atoms with Crippen molar-refractivity contribution in [3.8, 4) is 34.0 Å². The first-order chi connectivity index (χ1) is 14.2. The van der Waals surface area contributed by atoms with Gasteiger partial charge in [-0.25, -0.2) is 4.98 Å². The van der Waals surface area contributed by atoms with Crippen molar-refractivity contribution in [1.29, 1.82) is 0 Å². The molecular formula is C21H22N4O4. The van der Waals surface area contributed by atoms with Gasteiger partial charge in [0.25, 0.3) is 0 Å². The Kier molecular flexibility index (Phi) is 6.57. The lowest BCUT2D eigenvalue weighted by atomic mass is 10.0. The lowest BCUT2D eigenvalue weighted by Crippen LogP contribution is -2.18. The van der Waals surface area contributed by atoms with E-state index >= 15 is 0 Å². The second-order valence-corrected chi connectivity index (χ2v) is 5.89. The van der Waals surface area contributed by atoms with Crippen LogP contribution < -0.4 is 14.8 Å². The maximum absolute atomic E-state index is 11.6. The largest absolute Gasteiger partial charge is 0.496 e. The van der Waals surface area contributed by atoms with E-state index in [0.717, 1.165) is 11.1 Å². The maximum atomic E-state index is 11.6. The zero-order valence-corrected chi connectivity index (χ0v) is 16.5. The molecule has 1 N–H and O–H groups in total. The second kappa shape index (κ2) is 9.50. The van der Waals surface area contributed by atoms with Gasteiger partial charge in [-0.1, -0.05) is 24.3 Å². The van der Waals surface area contributed by atoms with Gasteiger partial charge in [0, 0.05) is 11.1 Å². The van der Waals surface area contributed by atoms with Crippen LogP contribution in [0.1, 0.15) is 6.92 Å². The predicted octanol–water partition coefficient (Wildman–Crippen LogP) is 3.20. The van der Waals surface area contributed by atoms with Gasteiger partial charge < -0.3 is 19.5 Å². The highest BCUT2D eigenvalue weighted by Gasteiger charge is 2.19. The summed E-state index contributed by atoms with van der Waals surface area (Å²) in [5.74, 6) is 1.09. The smallest absolute Gasteiger partial charge is 0.325 e. The van der Waals surface area contributed by atoms with E-state index in [1.54, 1.807) is 21.1 Å². The van der Waals surface area contributed by atoms with Gasteiger partial charge in [0.05, 0.1) is 20.8 Å². The molecule has 0 spiro atoms. The summed E-state index contributed by atoms with van der Waals surface area (Å²) in [6.45, 7) is 1.99. The van der Waals surface area contributed by atoms with Crippen LogP contribution >= 0.6 is 0 Å². The molecule has 2 aromatic carbocycles. The van der Waals surface area contributed by atoms with Crippen LogP contribution in [-0.4, -0.2) is 48.5 Å². The molecule has 1 aromatic heterocycles. The molecule has 0 unspecified atom stereocenters. The van der Waals surface area contributed by atoms with E-state index < -0.39 is 5.97 Å². The Morgan fingerprint density at radius 2 is 1.48 bits per heavy atom. The van der Waals surface area contributed by atoms with Gasteiger partial charge in [-0.15, -0.1) is 10.2 Å². The molecule has 0 fully saturated rings. The maximum Gasteiger partial charge on any atom is 0.325 e. The van der Waals surface area contributed by atoms with Crippen molar-refractivity contribution >= 4 is 11.9 Å². The Labute approximate surface area is 168 Å². The molecule has 0 saturated heterocycles. The fourth-order valence-electron chi connectivity index (χ4n) is 2.81. The summed E-state index contributed by atoms with van der Waals surface area (Å²) in [5.41, 5.74) is 2.57. The minimum atomic E-state index is -0.399. The number of methoxy groups -OCH3 is 2. The number of ether oxygens (including phenoxy) is 3. The number of nitrogens with one attached hydrogen (secondary N) is 1. The number of esters is 1. The second-order valence-electron chi connectivity index (χ2n) is 5.89. The van der Waals surface area contributed by atoms with Crippen LogP contribution in [0.25, 0.3) is 22.5 Å². The number of rotatable bonds is 8. The Bertz CT molecular complexity index is 994. The number of benzene rings is 2. The molecule has 8 heteroatoms. The number of anilines is 1. The Morgan fingerprint density at radius 1 is 0.897 bits per heavy atom. The first-order valence-electron chi connectivity index (χ1n) is 9.09. The Balaban J connectivity index is 2.10. The normalized spacial score (nSPS) is 10.3. The highest BCUT2D eigenvalue weighted by Crippen LogP contribution is 2.38. The number of nitrogens with zero attached hydrogens (tertiary/aromatic N) is 3. The fraction of sp³-hybridized carbons (Fsp3) is 0.238. The predicted molar refractivity (Wildman–Crippen MR) is 109 cm³/mol. The summed E-state index contributed by atoms with van der Waals surface area (Å²) < 4.78 is 15.9. The summed E-state index contributed by atoms with van der Waals surface area (Å²) >= 11 is 0. The first kappa shape index (κ1) is 20.1. The molecule has 0 aliphatic carbocycles. The van der Waals surface area contributed by atoms with E-state index in [4.69, 9.17) is 14.2 Å². The van der Waals surface area contributed by atoms with Gasteiger partial charge in [-0.2, -0.15) is 0 Å². The highest BCUT2D eigenvalue weighted by atomic mass is 16.5. The number of carbonyl (C=O) groups is 1. The van der Waals surface area contributed by atoms with Gasteiger partial charge in [0.2, 0.25) is 5.95 Å². The third kappa shape index (κ3) is 4.60. The van der Waals surface area contributed by atoms with Gasteiger partial charge in [-0.05, 0) is 31.2 Å². The molecule has 150 valence electrons. The molecule has 8 nitrogen and oxygen atoms in total. The highest BCUT2D eigenvalue weighted by molar-refractivity contribution is 5.84. The van der Waals surface area contributed by atoms with Crippen LogP contribution in [0, 0.1) is 0 Å². The van der Waals surface area contributed by atoms with Crippen molar-refractivity contribution < 1.29 is 19.0 Å². The average molecular weight is 394 g/mol. The van der Waals surface area contributed by atoms with Crippen LogP contribution in [0.5, 0.6) is 11.5 Å². The van der Waals surface area contributed by atoms with Crippen LogP contribution in [0.2, 0.25) is 0 Å². The SMILES string of the molecule is CCOC(=O)CNc1nnc(-c2ccccc2OC)c(-c2ccccc2OC)n1. The average Bonchev–Trinajstić information content (AvgIpc) is 2.77. The fourth-order valence-corrected chi connectivity index (χ4v) is 2.81. The third-order valence-electron chi connectivity index (χ3n) is 4.11. The van der Waals surface area contributed by atoms with Crippen molar-refractivity contribution in [3.63, 3.8) is 0 Å². The van der Waals surface area contributed by atoms with Crippen LogP contribution in [0.15, 0.2) is 48.5 Å². The van der Waals surface area contributed by atoms with Crippen molar-refractivity contribution in [3.05, 3.63) is 48.5 Å². The van der Waals surface area contributed by atoms with Gasteiger partial charge in [0.15, 0.2) is 0 Å². The summed E-state index contributed by atoms with van der Waals surface area (Å²) in [6, 6.07) is 15.0. The van der Waals surface area contributed by atoms with Crippen molar-refractivity contribution in [2.24, 2.45) is 0 Å². The molecule has 29 heavy (non-hydrogen) atoms. The molecule has 0 amide bonds. The van der Waals surface area contributed by atoms with Crippen LogP contribution in [0.4, 0.5) is 5.95 Å². The number of para-hydroxylation sites is 2. The van der Waals surface area contributed by atoms with Crippen molar-refractivity contribution in [1.82, 2.24) is 15.2 Å².